The van der Waals surface area contributed by atoms with Crippen LogP contribution in [0.5, 0.6) is 0 Å². The molecule has 0 aliphatic rings. The van der Waals surface area contributed by atoms with Gasteiger partial charge in [-0.1, -0.05) is 0 Å². The van der Waals surface area contributed by atoms with E-state index >= 15 is 0 Å². The molecule has 0 radical (unpaired) electrons. The maximum Gasteiger partial charge on any atom is 0.243 e. The number of hydrogen-bond donors (Lipinski definition) is 1. The summed E-state index contributed by atoms with van der Waals surface area (Å²) in [5.74, 6) is 0.604. The standard InChI is InChI=1S/C10H19N5/c1-7(6-15(4)5)11-10-12-8(2)9(3)13-14-10/h7H,6H2,1-5H3,(H,11,12,14). The third-order valence-electron chi connectivity index (χ3n) is 2.11. The minimum Gasteiger partial charge on any atom is -0.349 e. The van der Waals surface area contributed by atoms with Crippen LogP contribution in [0.15, 0.2) is 0 Å². The first kappa shape index (κ1) is 11.8. The highest BCUT2D eigenvalue weighted by molar-refractivity contribution is 5.26. The van der Waals surface area contributed by atoms with Gasteiger partial charge in [0, 0.05) is 12.6 Å². The topological polar surface area (TPSA) is 53.9 Å². The maximum atomic E-state index is 4.32. The molecule has 5 nitrogen and oxygen atoms in total. The number of likely N-dealkylation sites (N-methyl/N-ethyl adjacent to an activating group) is 1. The second kappa shape index (κ2) is 5.02. The van der Waals surface area contributed by atoms with E-state index in [0.29, 0.717) is 12.0 Å². The van der Waals surface area contributed by atoms with Gasteiger partial charge in [0.1, 0.15) is 0 Å². The van der Waals surface area contributed by atoms with E-state index in [2.05, 4.69) is 32.3 Å². The fraction of sp³-hybridized carbons (Fsp3) is 0.700. The first-order valence-corrected chi connectivity index (χ1v) is 5.08. The molecular weight excluding hydrogens is 190 g/mol. The van der Waals surface area contributed by atoms with E-state index in [1.807, 2.05) is 27.9 Å². The Labute approximate surface area is 90.9 Å². The van der Waals surface area contributed by atoms with Crippen molar-refractivity contribution in [1.29, 1.82) is 0 Å². The molecule has 0 saturated carbocycles. The molecule has 0 saturated heterocycles. The number of aromatic nitrogens is 3. The first-order chi connectivity index (χ1) is 6.99. The van der Waals surface area contributed by atoms with Gasteiger partial charge in [-0.25, -0.2) is 4.98 Å². The van der Waals surface area contributed by atoms with Crippen LogP contribution in [-0.4, -0.2) is 46.8 Å². The van der Waals surface area contributed by atoms with Gasteiger partial charge in [-0.05, 0) is 34.9 Å². The Morgan fingerprint density at radius 2 is 1.87 bits per heavy atom. The maximum absolute atomic E-state index is 4.32. The van der Waals surface area contributed by atoms with Crippen molar-refractivity contribution in [3.63, 3.8) is 0 Å². The smallest absolute Gasteiger partial charge is 0.243 e. The van der Waals surface area contributed by atoms with Gasteiger partial charge in [0.25, 0.3) is 0 Å². The summed E-state index contributed by atoms with van der Waals surface area (Å²) in [5.41, 5.74) is 1.80. The minimum absolute atomic E-state index is 0.309. The third kappa shape index (κ3) is 3.79. The van der Waals surface area contributed by atoms with Crippen molar-refractivity contribution < 1.29 is 0 Å². The molecule has 0 aromatic carbocycles. The number of hydrogen-bond acceptors (Lipinski definition) is 5. The van der Waals surface area contributed by atoms with Crippen LogP contribution in [0.2, 0.25) is 0 Å². The number of nitrogens with one attached hydrogen (secondary N) is 1. The molecule has 0 amide bonds. The molecule has 0 fully saturated rings. The van der Waals surface area contributed by atoms with Gasteiger partial charge in [0.2, 0.25) is 5.95 Å². The average Bonchev–Trinajstić information content (AvgIpc) is 2.10. The molecule has 84 valence electrons. The first-order valence-electron chi connectivity index (χ1n) is 5.08. The molecular formula is C10H19N5. The second-order valence-electron chi connectivity index (χ2n) is 4.11. The normalized spacial score (nSPS) is 12.9. The molecule has 1 aromatic rings. The van der Waals surface area contributed by atoms with Crippen LogP contribution >= 0.6 is 0 Å². The zero-order valence-electron chi connectivity index (χ0n) is 10.1. The fourth-order valence-electron chi connectivity index (χ4n) is 1.33. The van der Waals surface area contributed by atoms with E-state index in [1.165, 1.54) is 0 Å². The van der Waals surface area contributed by atoms with E-state index in [0.717, 1.165) is 17.9 Å². The Bertz CT molecular complexity index is 324. The lowest BCUT2D eigenvalue weighted by Crippen LogP contribution is -2.30. The summed E-state index contributed by atoms with van der Waals surface area (Å²) in [6, 6.07) is 0.309. The van der Waals surface area contributed by atoms with Gasteiger partial charge in [0.15, 0.2) is 0 Å². The molecule has 1 heterocycles. The van der Waals surface area contributed by atoms with E-state index in [-0.39, 0.29) is 0 Å². The molecule has 0 aliphatic carbocycles. The highest BCUT2D eigenvalue weighted by Gasteiger charge is 2.06. The van der Waals surface area contributed by atoms with Crippen LogP contribution < -0.4 is 5.32 Å². The van der Waals surface area contributed by atoms with Crippen molar-refractivity contribution in [2.45, 2.75) is 26.8 Å². The molecule has 1 N–H and O–H groups in total. The van der Waals surface area contributed by atoms with Crippen molar-refractivity contribution in [3.05, 3.63) is 11.4 Å². The van der Waals surface area contributed by atoms with Crippen LogP contribution in [0.1, 0.15) is 18.3 Å². The van der Waals surface area contributed by atoms with Crippen LogP contribution in [0, 0.1) is 13.8 Å². The summed E-state index contributed by atoms with van der Waals surface area (Å²) in [6.07, 6.45) is 0. The van der Waals surface area contributed by atoms with E-state index in [1.54, 1.807) is 0 Å². The highest BCUT2D eigenvalue weighted by Crippen LogP contribution is 2.03. The van der Waals surface area contributed by atoms with Crippen LogP contribution in [0.4, 0.5) is 5.95 Å². The zero-order valence-corrected chi connectivity index (χ0v) is 10.1. The summed E-state index contributed by atoms with van der Waals surface area (Å²) in [5, 5.41) is 11.2. The number of rotatable bonds is 4. The highest BCUT2D eigenvalue weighted by atomic mass is 15.3. The molecule has 1 atom stereocenters. The van der Waals surface area contributed by atoms with Gasteiger partial charge in [0.05, 0.1) is 11.4 Å². The molecule has 0 bridgehead atoms. The summed E-state index contributed by atoms with van der Waals surface area (Å²) >= 11 is 0. The quantitative estimate of drug-likeness (QED) is 0.796. The average molecular weight is 209 g/mol. The lowest BCUT2D eigenvalue weighted by Gasteiger charge is -2.18. The SMILES string of the molecule is Cc1nnc(NC(C)CN(C)C)nc1C. The number of aryl methyl sites for hydroxylation is 2. The molecule has 15 heavy (non-hydrogen) atoms. The Morgan fingerprint density at radius 1 is 1.20 bits per heavy atom. The predicted octanol–water partition coefficient (Wildman–Crippen LogP) is 0.850. The van der Waals surface area contributed by atoms with Gasteiger partial charge in [-0.3, -0.25) is 0 Å². The lowest BCUT2D eigenvalue weighted by atomic mass is 10.3. The molecule has 5 heteroatoms. The molecule has 0 spiro atoms. The largest absolute Gasteiger partial charge is 0.349 e. The third-order valence-corrected chi connectivity index (χ3v) is 2.11. The summed E-state index contributed by atoms with van der Waals surface area (Å²) < 4.78 is 0. The fourth-order valence-corrected chi connectivity index (χ4v) is 1.33. The minimum atomic E-state index is 0.309. The van der Waals surface area contributed by atoms with Gasteiger partial charge in [-0.15, -0.1) is 5.10 Å². The van der Waals surface area contributed by atoms with Crippen LogP contribution in [-0.2, 0) is 0 Å². The molecule has 1 rings (SSSR count). The van der Waals surface area contributed by atoms with Gasteiger partial charge < -0.3 is 10.2 Å². The molecule has 1 unspecified atom stereocenters. The van der Waals surface area contributed by atoms with Crippen LogP contribution in [0.25, 0.3) is 0 Å². The van der Waals surface area contributed by atoms with E-state index in [4.69, 9.17) is 0 Å². The number of nitrogens with zero attached hydrogens (tertiary/aromatic N) is 4. The van der Waals surface area contributed by atoms with Crippen molar-refractivity contribution in [2.75, 3.05) is 26.0 Å². The van der Waals surface area contributed by atoms with Gasteiger partial charge in [-0.2, -0.15) is 5.10 Å². The lowest BCUT2D eigenvalue weighted by molar-refractivity contribution is 0.391. The van der Waals surface area contributed by atoms with E-state index in [9.17, 15) is 0 Å². The second-order valence-corrected chi connectivity index (χ2v) is 4.11. The van der Waals surface area contributed by atoms with E-state index < -0.39 is 0 Å². The molecule has 1 aromatic heterocycles. The summed E-state index contributed by atoms with van der Waals surface area (Å²) in [4.78, 5) is 6.43. The number of anilines is 1. The van der Waals surface area contributed by atoms with Gasteiger partial charge >= 0.3 is 0 Å². The van der Waals surface area contributed by atoms with Crippen molar-refractivity contribution >= 4 is 5.95 Å². The van der Waals surface area contributed by atoms with Crippen LogP contribution in [0.3, 0.4) is 0 Å². The van der Waals surface area contributed by atoms with Crippen molar-refractivity contribution in [2.24, 2.45) is 0 Å². The summed E-state index contributed by atoms with van der Waals surface area (Å²) in [7, 11) is 4.08. The monoisotopic (exact) mass is 209 g/mol. The summed E-state index contributed by atoms with van der Waals surface area (Å²) in [6.45, 7) is 6.88. The molecule has 0 aliphatic heterocycles. The van der Waals surface area contributed by atoms with Crippen molar-refractivity contribution in [3.8, 4) is 0 Å². The Hall–Kier alpha value is -1.23. The zero-order chi connectivity index (χ0) is 11.4. The predicted molar refractivity (Wildman–Crippen MR) is 60.9 cm³/mol. The Kier molecular flexibility index (Phi) is 3.96. The Morgan fingerprint density at radius 3 is 2.40 bits per heavy atom. The van der Waals surface area contributed by atoms with Crippen molar-refractivity contribution in [1.82, 2.24) is 20.1 Å². The Balaban J connectivity index is 2.60.